The van der Waals surface area contributed by atoms with Crippen molar-refractivity contribution < 1.29 is 17.9 Å². The van der Waals surface area contributed by atoms with Gasteiger partial charge in [-0.2, -0.15) is 18.3 Å². The first-order valence-corrected chi connectivity index (χ1v) is 5.47. The Morgan fingerprint density at radius 1 is 1.26 bits per heavy atom. The number of benzene rings is 1. The Hall–Kier alpha value is -2.02. The van der Waals surface area contributed by atoms with Crippen molar-refractivity contribution in [3.8, 4) is 11.1 Å². The van der Waals surface area contributed by atoms with Crippen molar-refractivity contribution >= 4 is 5.69 Å². The van der Waals surface area contributed by atoms with Crippen LogP contribution in [0.25, 0.3) is 11.1 Å². The molecule has 2 N–H and O–H groups in total. The SMILES string of the molecule is Nc1ccccc1-c1cnn(COCC(F)(F)F)c1. The van der Waals surface area contributed by atoms with Crippen molar-refractivity contribution in [3.63, 3.8) is 0 Å². The van der Waals surface area contributed by atoms with Gasteiger partial charge in [-0.15, -0.1) is 0 Å². The number of nitrogen functional groups attached to an aromatic ring is 1. The molecule has 0 saturated carbocycles. The quantitative estimate of drug-likeness (QED) is 0.870. The molecule has 0 unspecified atom stereocenters. The highest BCUT2D eigenvalue weighted by molar-refractivity contribution is 5.75. The number of nitrogens with zero attached hydrogens (tertiary/aromatic N) is 2. The van der Waals surface area contributed by atoms with Crippen LogP contribution in [0.2, 0.25) is 0 Å². The van der Waals surface area contributed by atoms with Crippen molar-refractivity contribution in [3.05, 3.63) is 36.7 Å². The summed E-state index contributed by atoms with van der Waals surface area (Å²) in [5.41, 5.74) is 7.90. The highest BCUT2D eigenvalue weighted by atomic mass is 19.4. The number of ether oxygens (including phenoxy) is 1. The maximum Gasteiger partial charge on any atom is 0.411 e. The monoisotopic (exact) mass is 271 g/mol. The van der Waals surface area contributed by atoms with Crippen LogP contribution in [0.4, 0.5) is 18.9 Å². The van der Waals surface area contributed by atoms with Gasteiger partial charge in [-0.05, 0) is 6.07 Å². The second-order valence-electron chi connectivity index (χ2n) is 3.95. The Kier molecular flexibility index (Phi) is 3.75. The molecule has 0 fully saturated rings. The summed E-state index contributed by atoms with van der Waals surface area (Å²) in [6.45, 7) is -1.55. The number of nitrogens with two attached hydrogens (primary N) is 1. The lowest BCUT2D eigenvalue weighted by molar-refractivity contribution is -0.182. The van der Waals surface area contributed by atoms with Gasteiger partial charge < -0.3 is 10.5 Å². The van der Waals surface area contributed by atoms with Gasteiger partial charge in [0.05, 0.1) is 6.20 Å². The van der Waals surface area contributed by atoms with Crippen LogP contribution in [0, 0.1) is 0 Å². The molecule has 0 spiro atoms. The molecular formula is C12H12F3N3O. The summed E-state index contributed by atoms with van der Waals surface area (Å²) in [6, 6.07) is 7.18. The van der Waals surface area contributed by atoms with E-state index >= 15 is 0 Å². The third kappa shape index (κ3) is 3.72. The minimum atomic E-state index is -4.33. The van der Waals surface area contributed by atoms with E-state index in [2.05, 4.69) is 9.84 Å². The average Bonchev–Trinajstić information content (AvgIpc) is 2.76. The van der Waals surface area contributed by atoms with Crippen LogP contribution < -0.4 is 5.73 Å². The molecule has 19 heavy (non-hydrogen) atoms. The largest absolute Gasteiger partial charge is 0.411 e. The summed E-state index contributed by atoms with van der Waals surface area (Å²) in [5, 5.41) is 3.92. The van der Waals surface area contributed by atoms with Crippen LogP contribution in [-0.4, -0.2) is 22.6 Å². The van der Waals surface area contributed by atoms with Gasteiger partial charge in [-0.25, -0.2) is 4.68 Å². The van der Waals surface area contributed by atoms with Crippen molar-refractivity contribution in [2.45, 2.75) is 12.9 Å². The lowest BCUT2D eigenvalue weighted by atomic mass is 10.1. The van der Waals surface area contributed by atoms with Gasteiger partial charge in [-0.3, -0.25) is 0 Å². The topological polar surface area (TPSA) is 53.1 Å². The standard InChI is InChI=1S/C12H12F3N3O/c13-12(14,15)7-19-8-18-6-9(5-17-18)10-3-1-2-4-11(10)16/h1-6H,7-8,16H2. The lowest BCUT2D eigenvalue weighted by Crippen LogP contribution is -2.18. The van der Waals surface area contributed by atoms with Gasteiger partial charge in [-0.1, -0.05) is 18.2 Å². The summed E-state index contributed by atoms with van der Waals surface area (Å²) in [7, 11) is 0. The number of hydrogen-bond donors (Lipinski definition) is 1. The molecule has 0 aliphatic heterocycles. The van der Waals surface area contributed by atoms with Crippen molar-refractivity contribution in [1.29, 1.82) is 0 Å². The number of rotatable bonds is 4. The zero-order valence-electron chi connectivity index (χ0n) is 9.89. The van der Waals surface area contributed by atoms with Crippen molar-refractivity contribution in [1.82, 2.24) is 9.78 Å². The number of para-hydroxylation sites is 1. The fourth-order valence-corrected chi connectivity index (χ4v) is 1.59. The average molecular weight is 271 g/mol. The molecule has 2 rings (SSSR count). The summed E-state index contributed by atoms with van der Waals surface area (Å²) in [5.74, 6) is 0. The van der Waals surface area contributed by atoms with E-state index < -0.39 is 12.8 Å². The number of aromatic nitrogens is 2. The molecule has 0 bridgehead atoms. The minimum absolute atomic E-state index is 0.258. The molecule has 7 heteroatoms. The fraction of sp³-hybridized carbons (Fsp3) is 0.250. The van der Waals surface area contributed by atoms with E-state index in [0.29, 0.717) is 5.69 Å². The van der Waals surface area contributed by atoms with Crippen LogP contribution in [-0.2, 0) is 11.5 Å². The molecule has 1 heterocycles. The molecule has 0 radical (unpaired) electrons. The molecule has 2 aromatic rings. The highest BCUT2D eigenvalue weighted by Crippen LogP contribution is 2.24. The Morgan fingerprint density at radius 2 is 2.00 bits per heavy atom. The van der Waals surface area contributed by atoms with E-state index in [1.807, 2.05) is 12.1 Å². The fourth-order valence-electron chi connectivity index (χ4n) is 1.59. The van der Waals surface area contributed by atoms with Gasteiger partial charge in [0.2, 0.25) is 0 Å². The van der Waals surface area contributed by atoms with E-state index in [1.165, 1.54) is 10.9 Å². The molecular weight excluding hydrogens is 259 g/mol. The summed E-state index contributed by atoms with van der Waals surface area (Å²) < 4.78 is 41.5. The molecule has 0 atom stereocenters. The first-order chi connectivity index (χ1) is 8.96. The molecule has 1 aromatic heterocycles. The van der Waals surface area contributed by atoms with Crippen LogP contribution in [0.15, 0.2) is 36.7 Å². The Morgan fingerprint density at radius 3 is 2.68 bits per heavy atom. The molecule has 0 saturated heterocycles. The molecule has 102 valence electrons. The van der Waals surface area contributed by atoms with Gasteiger partial charge in [0, 0.05) is 23.0 Å². The molecule has 1 aromatic carbocycles. The zero-order chi connectivity index (χ0) is 13.9. The number of halogens is 3. The predicted octanol–water partition coefficient (Wildman–Crippen LogP) is 2.67. The number of hydrogen-bond acceptors (Lipinski definition) is 3. The van der Waals surface area contributed by atoms with Gasteiger partial charge >= 0.3 is 6.18 Å². The molecule has 0 amide bonds. The van der Waals surface area contributed by atoms with E-state index in [-0.39, 0.29) is 6.73 Å². The molecule has 0 aliphatic rings. The Bertz CT molecular complexity index is 551. The number of alkyl halides is 3. The lowest BCUT2D eigenvalue weighted by Gasteiger charge is -2.07. The van der Waals surface area contributed by atoms with Gasteiger partial charge in [0.1, 0.15) is 13.3 Å². The predicted molar refractivity (Wildman–Crippen MR) is 64.1 cm³/mol. The van der Waals surface area contributed by atoms with E-state index in [1.54, 1.807) is 18.3 Å². The third-order valence-electron chi connectivity index (χ3n) is 2.39. The zero-order valence-corrected chi connectivity index (χ0v) is 9.89. The summed E-state index contributed by atoms with van der Waals surface area (Å²) in [4.78, 5) is 0. The van der Waals surface area contributed by atoms with Crippen LogP contribution >= 0.6 is 0 Å². The second kappa shape index (κ2) is 5.31. The van der Waals surface area contributed by atoms with Gasteiger partial charge in [0.15, 0.2) is 0 Å². The summed E-state index contributed by atoms with van der Waals surface area (Å²) in [6.07, 6.45) is -1.22. The number of anilines is 1. The van der Waals surface area contributed by atoms with Gasteiger partial charge in [0.25, 0.3) is 0 Å². The van der Waals surface area contributed by atoms with Crippen LogP contribution in [0.5, 0.6) is 0 Å². The van der Waals surface area contributed by atoms with Crippen LogP contribution in [0.1, 0.15) is 0 Å². The van der Waals surface area contributed by atoms with Crippen LogP contribution in [0.3, 0.4) is 0 Å². The van der Waals surface area contributed by atoms with Crippen molar-refractivity contribution in [2.24, 2.45) is 0 Å². The normalized spacial score (nSPS) is 11.7. The smallest absolute Gasteiger partial charge is 0.398 e. The molecule has 0 aliphatic carbocycles. The minimum Gasteiger partial charge on any atom is -0.398 e. The second-order valence-corrected chi connectivity index (χ2v) is 3.95. The third-order valence-corrected chi connectivity index (χ3v) is 2.39. The highest BCUT2D eigenvalue weighted by Gasteiger charge is 2.27. The Balaban J connectivity index is 2.02. The van der Waals surface area contributed by atoms with Crippen molar-refractivity contribution in [2.75, 3.05) is 12.3 Å². The maximum atomic E-state index is 11.9. The maximum absolute atomic E-state index is 11.9. The Labute approximate surface area is 107 Å². The molecule has 4 nitrogen and oxygen atoms in total. The van der Waals surface area contributed by atoms with E-state index in [4.69, 9.17) is 5.73 Å². The first-order valence-electron chi connectivity index (χ1n) is 5.47. The van der Waals surface area contributed by atoms with E-state index in [0.717, 1.165) is 11.1 Å². The van der Waals surface area contributed by atoms with E-state index in [9.17, 15) is 13.2 Å². The first kappa shape index (κ1) is 13.4. The summed E-state index contributed by atoms with van der Waals surface area (Å²) >= 11 is 0.